The Morgan fingerprint density at radius 1 is 1.20 bits per heavy atom. The van der Waals surface area contributed by atoms with E-state index in [4.69, 9.17) is 13.9 Å². The van der Waals surface area contributed by atoms with Gasteiger partial charge in [0.1, 0.15) is 0 Å². The third kappa shape index (κ3) is 3.08. The molecule has 1 aromatic carbocycles. The number of methoxy groups -OCH3 is 2. The Morgan fingerprint density at radius 3 is 2.75 bits per heavy atom. The molecule has 6 nitrogen and oxygen atoms in total. The molecule has 2 aromatic rings. The summed E-state index contributed by atoms with van der Waals surface area (Å²) in [6, 6.07) is 5.54. The lowest BCUT2D eigenvalue weighted by Crippen LogP contribution is -2.13. The van der Waals surface area contributed by atoms with Crippen LogP contribution in [0.3, 0.4) is 0 Å². The highest BCUT2D eigenvalue weighted by Gasteiger charge is 2.16. The number of ether oxygens (including phenoxy) is 2. The molecule has 0 bridgehead atoms. The second-order valence-electron chi connectivity index (χ2n) is 4.22. The second kappa shape index (κ2) is 6.91. The molecule has 0 radical (unpaired) electrons. The van der Waals surface area contributed by atoms with Crippen molar-refractivity contribution in [2.24, 2.45) is 0 Å². The summed E-state index contributed by atoms with van der Waals surface area (Å²) in [5.41, 5.74) is 0.723. The van der Waals surface area contributed by atoms with Crippen molar-refractivity contribution in [2.45, 2.75) is 19.9 Å². The van der Waals surface area contributed by atoms with Crippen molar-refractivity contribution >= 4 is 0 Å². The molecular weight excluding hydrogens is 258 g/mol. The standard InChI is InChI=1S/C14H19N3O3/c1-4-8-15-9-12-16-17-14(20-12)10-6-5-7-11(18-2)13(10)19-3/h5-7,15H,4,8-9H2,1-3H3. The molecule has 1 N–H and O–H groups in total. The lowest BCUT2D eigenvalue weighted by Gasteiger charge is -2.09. The van der Waals surface area contributed by atoms with Crippen LogP contribution in [0.25, 0.3) is 11.5 Å². The molecule has 0 amide bonds. The lowest BCUT2D eigenvalue weighted by atomic mass is 10.2. The molecule has 108 valence electrons. The van der Waals surface area contributed by atoms with Gasteiger partial charge in [-0.15, -0.1) is 10.2 Å². The SMILES string of the molecule is CCCNCc1nnc(-c2cccc(OC)c2OC)o1. The van der Waals surface area contributed by atoms with Gasteiger partial charge in [-0.1, -0.05) is 13.0 Å². The van der Waals surface area contributed by atoms with Crippen molar-refractivity contribution in [2.75, 3.05) is 20.8 Å². The zero-order valence-corrected chi connectivity index (χ0v) is 12.0. The third-order valence-corrected chi connectivity index (χ3v) is 2.80. The fourth-order valence-corrected chi connectivity index (χ4v) is 1.86. The quantitative estimate of drug-likeness (QED) is 0.783. The summed E-state index contributed by atoms with van der Waals surface area (Å²) >= 11 is 0. The molecule has 0 aliphatic carbocycles. The highest BCUT2D eigenvalue weighted by atomic mass is 16.5. The average molecular weight is 277 g/mol. The smallest absolute Gasteiger partial charge is 0.251 e. The van der Waals surface area contributed by atoms with E-state index in [1.165, 1.54) is 0 Å². The van der Waals surface area contributed by atoms with E-state index in [1.807, 2.05) is 18.2 Å². The summed E-state index contributed by atoms with van der Waals surface area (Å²) in [4.78, 5) is 0. The first-order chi connectivity index (χ1) is 9.80. The summed E-state index contributed by atoms with van der Waals surface area (Å²) in [5.74, 6) is 2.20. The Labute approximate surface area is 118 Å². The van der Waals surface area contributed by atoms with Crippen molar-refractivity contribution in [3.05, 3.63) is 24.1 Å². The Balaban J connectivity index is 2.23. The Bertz CT molecular complexity index is 554. The van der Waals surface area contributed by atoms with Crippen LogP contribution >= 0.6 is 0 Å². The maximum atomic E-state index is 5.64. The second-order valence-corrected chi connectivity index (χ2v) is 4.22. The van der Waals surface area contributed by atoms with Crippen LogP contribution in [0.1, 0.15) is 19.2 Å². The summed E-state index contributed by atoms with van der Waals surface area (Å²) < 4.78 is 16.3. The molecule has 2 rings (SSSR count). The number of nitrogens with zero attached hydrogens (tertiary/aromatic N) is 2. The van der Waals surface area contributed by atoms with Crippen LogP contribution in [0.5, 0.6) is 11.5 Å². The van der Waals surface area contributed by atoms with Crippen molar-refractivity contribution in [1.82, 2.24) is 15.5 Å². The van der Waals surface area contributed by atoms with Crippen LogP contribution in [-0.2, 0) is 6.54 Å². The van der Waals surface area contributed by atoms with Gasteiger partial charge in [-0.25, -0.2) is 0 Å². The minimum Gasteiger partial charge on any atom is -0.493 e. The monoisotopic (exact) mass is 277 g/mol. The van der Waals surface area contributed by atoms with Gasteiger partial charge in [0.25, 0.3) is 5.89 Å². The van der Waals surface area contributed by atoms with Crippen LogP contribution in [0.4, 0.5) is 0 Å². The predicted molar refractivity (Wildman–Crippen MR) is 74.8 cm³/mol. The van der Waals surface area contributed by atoms with Crippen molar-refractivity contribution in [3.63, 3.8) is 0 Å². The minimum atomic E-state index is 0.425. The maximum Gasteiger partial charge on any atom is 0.251 e. The number of aromatic nitrogens is 2. The van der Waals surface area contributed by atoms with Gasteiger partial charge in [0, 0.05) is 0 Å². The number of nitrogens with one attached hydrogen (secondary N) is 1. The van der Waals surface area contributed by atoms with Gasteiger partial charge in [0.15, 0.2) is 11.5 Å². The van der Waals surface area contributed by atoms with Gasteiger partial charge in [-0.2, -0.15) is 0 Å². The van der Waals surface area contributed by atoms with Gasteiger partial charge in [-0.05, 0) is 25.1 Å². The van der Waals surface area contributed by atoms with Crippen molar-refractivity contribution in [1.29, 1.82) is 0 Å². The molecule has 0 spiro atoms. The zero-order valence-electron chi connectivity index (χ0n) is 12.0. The minimum absolute atomic E-state index is 0.425. The number of hydrogen-bond acceptors (Lipinski definition) is 6. The maximum absolute atomic E-state index is 5.64. The fourth-order valence-electron chi connectivity index (χ4n) is 1.86. The van der Waals surface area contributed by atoms with Gasteiger partial charge >= 0.3 is 0 Å². The van der Waals surface area contributed by atoms with E-state index in [-0.39, 0.29) is 0 Å². The molecule has 1 heterocycles. The Morgan fingerprint density at radius 2 is 2.05 bits per heavy atom. The zero-order chi connectivity index (χ0) is 14.4. The average Bonchev–Trinajstić information content (AvgIpc) is 2.95. The largest absolute Gasteiger partial charge is 0.493 e. The van der Waals surface area contributed by atoms with Crippen molar-refractivity contribution < 1.29 is 13.9 Å². The van der Waals surface area contributed by atoms with Crippen LogP contribution < -0.4 is 14.8 Å². The van der Waals surface area contributed by atoms with E-state index in [1.54, 1.807) is 14.2 Å². The molecule has 0 saturated carbocycles. The molecule has 0 unspecified atom stereocenters. The summed E-state index contributed by atoms with van der Waals surface area (Å²) in [6.45, 7) is 3.58. The summed E-state index contributed by atoms with van der Waals surface area (Å²) in [6.07, 6.45) is 1.06. The lowest BCUT2D eigenvalue weighted by molar-refractivity contribution is 0.355. The van der Waals surface area contributed by atoms with Crippen LogP contribution in [0.15, 0.2) is 22.6 Å². The van der Waals surface area contributed by atoms with Crippen LogP contribution in [0.2, 0.25) is 0 Å². The molecule has 0 fully saturated rings. The molecular formula is C14H19N3O3. The highest BCUT2D eigenvalue weighted by Crippen LogP contribution is 2.36. The van der Waals surface area contributed by atoms with Crippen LogP contribution in [0, 0.1) is 0 Å². The normalized spacial score (nSPS) is 10.6. The van der Waals surface area contributed by atoms with E-state index in [0.717, 1.165) is 18.5 Å². The van der Waals surface area contributed by atoms with Gasteiger partial charge in [0.2, 0.25) is 5.89 Å². The van der Waals surface area contributed by atoms with Gasteiger partial charge < -0.3 is 19.2 Å². The van der Waals surface area contributed by atoms with E-state index in [0.29, 0.717) is 29.8 Å². The number of hydrogen-bond donors (Lipinski definition) is 1. The fraction of sp³-hybridized carbons (Fsp3) is 0.429. The van der Waals surface area contributed by atoms with E-state index in [2.05, 4.69) is 22.4 Å². The molecule has 0 saturated heterocycles. The first-order valence-electron chi connectivity index (χ1n) is 6.54. The molecule has 0 aliphatic heterocycles. The van der Waals surface area contributed by atoms with E-state index < -0.39 is 0 Å². The van der Waals surface area contributed by atoms with Crippen LogP contribution in [-0.4, -0.2) is 31.0 Å². The molecule has 0 atom stereocenters. The van der Waals surface area contributed by atoms with E-state index >= 15 is 0 Å². The summed E-state index contributed by atoms with van der Waals surface area (Å²) in [7, 11) is 3.18. The molecule has 1 aromatic heterocycles. The van der Waals surface area contributed by atoms with Gasteiger partial charge in [-0.3, -0.25) is 0 Å². The number of para-hydroxylation sites is 1. The third-order valence-electron chi connectivity index (χ3n) is 2.80. The molecule has 20 heavy (non-hydrogen) atoms. The topological polar surface area (TPSA) is 69.4 Å². The molecule has 6 heteroatoms. The highest BCUT2D eigenvalue weighted by molar-refractivity contribution is 5.67. The Kier molecular flexibility index (Phi) is 4.95. The van der Waals surface area contributed by atoms with Gasteiger partial charge in [0.05, 0.1) is 26.3 Å². The Hall–Kier alpha value is -2.08. The van der Waals surface area contributed by atoms with E-state index in [9.17, 15) is 0 Å². The number of benzene rings is 1. The van der Waals surface area contributed by atoms with Crippen molar-refractivity contribution in [3.8, 4) is 23.0 Å². The molecule has 0 aliphatic rings. The first-order valence-corrected chi connectivity index (χ1v) is 6.54. The first kappa shape index (κ1) is 14.3. The predicted octanol–water partition coefficient (Wildman–Crippen LogP) is 2.25. The summed E-state index contributed by atoms with van der Waals surface area (Å²) in [5, 5.41) is 11.3. The number of rotatable bonds is 7.